The van der Waals surface area contributed by atoms with Crippen LogP contribution in [0.5, 0.6) is 5.75 Å². The molecule has 1 heterocycles. The maximum atomic E-state index is 5.72. The van der Waals surface area contributed by atoms with E-state index in [9.17, 15) is 0 Å². The SMILES string of the molecule is CC1(C)CCN(CCOc2ccc(N)cc2)CC1. The minimum absolute atomic E-state index is 0.522. The van der Waals surface area contributed by atoms with Crippen molar-refractivity contribution in [1.82, 2.24) is 4.90 Å². The van der Waals surface area contributed by atoms with Crippen molar-refractivity contribution in [3.63, 3.8) is 0 Å². The summed E-state index contributed by atoms with van der Waals surface area (Å²) in [6.45, 7) is 8.87. The second-order valence-electron chi connectivity index (χ2n) is 5.92. The van der Waals surface area contributed by atoms with Gasteiger partial charge in [-0.2, -0.15) is 0 Å². The van der Waals surface area contributed by atoms with Crippen LogP contribution in [0, 0.1) is 5.41 Å². The van der Waals surface area contributed by atoms with Gasteiger partial charge in [-0.25, -0.2) is 0 Å². The summed E-state index contributed by atoms with van der Waals surface area (Å²) < 4.78 is 5.72. The Balaban J connectivity index is 1.68. The third kappa shape index (κ3) is 3.91. The average Bonchev–Trinajstić information content (AvgIpc) is 2.34. The van der Waals surface area contributed by atoms with E-state index in [1.807, 2.05) is 24.3 Å². The maximum absolute atomic E-state index is 5.72. The fourth-order valence-corrected chi connectivity index (χ4v) is 2.24. The molecule has 0 amide bonds. The summed E-state index contributed by atoms with van der Waals surface area (Å²) in [7, 11) is 0. The standard InChI is InChI=1S/C15H24N2O/c1-15(2)7-9-17(10-8-15)11-12-18-14-5-3-13(16)4-6-14/h3-6H,7-12,16H2,1-2H3. The molecule has 1 aromatic rings. The van der Waals surface area contributed by atoms with E-state index >= 15 is 0 Å². The fraction of sp³-hybridized carbons (Fsp3) is 0.600. The van der Waals surface area contributed by atoms with E-state index in [0.717, 1.165) is 24.6 Å². The zero-order valence-corrected chi connectivity index (χ0v) is 11.5. The highest BCUT2D eigenvalue weighted by Crippen LogP contribution is 2.29. The summed E-state index contributed by atoms with van der Waals surface area (Å²) in [6.07, 6.45) is 2.57. The normalized spacial score (nSPS) is 19.7. The Morgan fingerprint density at radius 3 is 2.39 bits per heavy atom. The molecule has 1 aliphatic heterocycles. The molecule has 3 heteroatoms. The Kier molecular flexibility index (Phi) is 4.12. The second-order valence-corrected chi connectivity index (χ2v) is 5.92. The number of nitrogens with two attached hydrogens (primary N) is 1. The summed E-state index contributed by atoms with van der Waals surface area (Å²) in [6, 6.07) is 7.60. The van der Waals surface area contributed by atoms with Crippen LogP contribution in [0.25, 0.3) is 0 Å². The van der Waals surface area contributed by atoms with Gasteiger partial charge in [0.05, 0.1) is 0 Å². The molecule has 2 rings (SSSR count). The van der Waals surface area contributed by atoms with E-state index in [4.69, 9.17) is 10.5 Å². The molecule has 0 bridgehead atoms. The number of benzene rings is 1. The molecule has 100 valence electrons. The first kappa shape index (κ1) is 13.2. The Morgan fingerprint density at radius 2 is 1.78 bits per heavy atom. The Morgan fingerprint density at radius 1 is 1.17 bits per heavy atom. The molecule has 1 fully saturated rings. The Hall–Kier alpha value is -1.22. The van der Waals surface area contributed by atoms with Crippen molar-refractivity contribution >= 4 is 5.69 Å². The minimum atomic E-state index is 0.522. The lowest BCUT2D eigenvalue weighted by Crippen LogP contribution is -2.39. The molecule has 0 atom stereocenters. The van der Waals surface area contributed by atoms with Gasteiger partial charge in [-0.3, -0.25) is 4.90 Å². The number of hydrogen-bond donors (Lipinski definition) is 1. The molecule has 0 unspecified atom stereocenters. The zero-order valence-electron chi connectivity index (χ0n) is 11.5. The lowest BCUT2D eigenvalue weighted by atomic mass is 9.83. The van der Waals surface area contributed by atoms with Gasteiger partial charge in [-0.1, -0.05) is 13.8 Å². The molecule has 0 spiro atoms. The maximum Gasteiger partial charge on any atom is 0.119 e. The van der Waals surface area contributed by atoms with Gasteiger partial charge in [0.2, 0.25) is 0 Å². The first-order valence-electron chi connectivity index (χ1n) is 6.76. The van der Waals surface area contributed by atoms with Crippen molar-refractivity contribution in [1.29, 1.82) is 0 Å². The van der Waals surface area contributed by atoms with E-state index in [1.165, 1.54) is 25.9 Å². The first-order valence-corrected chi connectivity index (χ1v) is 6.76. The average molecular weight is 248 g/mol. The highest BCUT2D eigenvalue weighted by atomic mass is 16.5. The number of piperidine rings is 1. The van der Waals surface area contributed by atoms with Gasteiger partial charge < -0.3 is 10.5 Å². The number of nitrogen functional groups attached to an aromatic ring is 1. The van der Waals surface area contributed by atoms with Crippen LogP contribution in [0.3, 0.4) is 0 Å². The molecule has 0 radical (unpaired) electrons. The van der Waals surface area contributed by atoms with Crippen molar-refractivity contribution in [3.8, 4) is 5.75 Å². The number of ether oxygens (including phenoxy) is 1. The van der Waals surface area contributed by atoms with Gasteiger partial charge in [0.25, 0.3) is 0 Å². The van der Waals surface area contributed by atoms with Gasteiger partial charge in [0.15, 0.2) is 0 Å². The molecule has 1 aliphatic rings. The van der Waals surface area contributed by atoms with Crippen LogP contribution in [0.4, 0.5) is 5.69 Å². The van der Waals surface area contributed by atoms with Gasteiger partial charge in [0, 0.05) is 12.2 Å². The van der Waals surface area contributed by atoms with Crippen molar-refractivity contribution in [2.45, 2.75) is 26.7 Å². The van der Waals surface area contributed by atoms with E-state index in [0.29, 0.717) is 5.41 Å². The topological polar surface area (TPSA) is 38.5 Å². The zero-order chi connectivity index (χ0) is 13.0. The number of likely N-dealkylation sites (tertiary alicyclic amines) is 1. The van der Waals surface area contributed by atoms with Crippen molar-refractivity contribution in [2.24, 2.45) is 5.41 Å². The van der Waals surface area contributed by atoms with Gasteiger partial charge in [-0.15, -0.1) is 0 Å². The summed E-state index contributed by atoms with van der Waals surface area (Å²) in [4.78, 5) is 2.49. The molecule has 0 aromatic heterocycles. The Bertz CT molecular complexity index is 363. The summed E-state index contributed by atoms with van der Waals surface area (Å²) in [5.74, 6) is 0.904. The summed E-state index contributed by atoms with van der Waals surface area (Å²) in [5, 5.41) is 0. The van der Waals surface area contributed by atoms with Gasteiger partial charge in [-0.05, 0) is 55.6 Å². The first-order chi connectivity index (χ1) is 8.55. The summed E-state index contributed by atoms with van der Waals surface area (Å²) >= 11 is 0. The number of rotatable bonds is 4. The van der Waals surface area contributed by atoms with E-state index in [2.05, 4.69) is 18.7 Å². The lowest BCUT2D eigenvalue weighted by molar-refractivity contribution is 0.116. The van der Waals surface area contributed by atoms with E-state index < -0.39 is 0 Å². The van der Waals surface area contributed by atoms with Crippen LogP contribution in [-0.4, -0.2) is 31.1 Å². The number of nitrogens with zero attached hydrogens (tertiary/aromatic N) is 1. The molecule has 0 saturated carbocycles. The summed E-state index contributed by atoms with van der Waals surface area (Å²) in [5.41, 5.74) is 6.93. The van der Waals surface area contributed by atoms with Crippen LogP contribution in [0.15, 0.2) is 24.3 Å². The van der Waals surface area contributed by atoms with Gasteiger partial charge >= 0.3 is 0 Å². The van der Waals surface area contributed by atoms with Crippen LogP contribution >= 0.6 is 0 Å². The molecular formula is C15H24N2O. The van der Waals surface area contributed by atoms with Crippen molar-refractivity contribution in [2.75, 3.05) is 32.0 Å². The predicted molar refractivity (Wildman–Crippen MR) is 75.8 cm³/mol. The largest absolute Gasteiger partial charge is 0.492 e. The number of anilines is 1. The predicted octanol–water partition coefficient (Wildman–Crippen LogP) is 2.77. The molecule has 1 saturated heterocycles. The molecule has 2 N–H and O–H groups in total. The van der Waals surface area contributed by atoms with E-state index in [1.54, 1.807) is 0 Å². The van der Waals surface area contributed by atoms with Gasteiger partial charge in [0.1, 0.15) is 12.4 Å². The molecule has 3 nitrogen and oxygen atoms in total. The molecule has 1 aromatic carbocycles. The van der Waals surface area contributed by atoms with Crippen molar-refractivity contribution in [3.05, 3.63) is 24.3 Å². The van der Waals surface area contributed by atoms with Crippen LogP contribution in [0.2, 0.25) is 0 Å². The highest BCUT2D eigenvalue weighted by molar-refractivity contribution is 5.41. The third-order valence-corrected chi connectivity index (χ3v) is 3.77. The monoisotopic (exact) mass is 248 g/mol. The minimum Gasteiger partial charge on any atom is -0.492 e. The van der Waals surface area contributed by atoms with Crippen LogP contribution in [0.1, 0.15) is 26.7 Å². The number of hydrogen-bond acceptors (Lipinski definition) is 3. The third-order valence-electron chi connectivity index (χ3n) is 3.77. The lowest BCUT2D eigenvalue weighted by Gasteiger charge is -2.36. The molecular weight excluding hydrogens is 224 g/mol. The van der Waals surface area contributed by atoms with E-state index in [-0.39, 0.29) is 0 Å². The smallest absolute Gasteiger partial charge is 0.119 e. The van der Waals surface area contributed by atoms with Crippen LogP contribution in [-0.2, 0) is 0 Å². The highest BCUT2D eigenvalue weighted by Gasteiger charge is 2.24. The van der Waals surface area contributed by atoms with Crippen molar-refractivity contribution < 1.29 is 4.74 Å². The molecule has 18 heavy (non-hydrogen) atoms. The fourth-order valence-electron chi connectivity index (χ4n) is 2.24. The quantitative estimate of drug-likeness (QED) is 0.833. The molecule has 0 aliphatic carbocycles. The van der Waals surface area contributed by atoms with Crippen LogP contribution < -0.4 is 10.5 Å². The second kappa shape index (κ2) is 5.61. The Labute approximate surface area is 110 Å².